The Bertz CT molecular complexity index is 714. The lowest BCUT2D eigenvalue weighted by Gasteiger charge is -2.46. The maximum atomic E-state index is 12.5. The van der Waals surface area contributed by atoms with Crippen molar-refractivity contribution in [3.63, 3.8) is 0 Å². The number of aliphatic hydroxyl groups is 3. The summed E-state index contributed by atoms with van der Waals surface area (Å²) in [4.78, 5) is 24.5. The lowest BCUT2D eigenvalue weighted by Crippen LogP contribution is -2.54. The van der Waals surface area contributed by atoms with Crippen molar-refractivity contribution in [2.75, 3.05) is 13.2 Å². The van der Waals surface area contributed by atoms with E-state index in [-0.39, 0.29) is 23.7 Å². The van der Waals surface area contributed by atoms with Crippen LogP contribution in [0.5, 0.6) is 0 Å². The van der Waals surface area contributed by atoms with Gasteiger partial charge in [-0.3, -0.25) is 9.59 Å². The zero-order valence-corrected chi connectivity index (χ0v) is 17.1. The second-order valence-electron chi connectivity index (χ2n) is 9.90. The quantitative estimate of drug-likeness (QED) is 0.647. The zero-order chi connectivity index (χ0) is 20.3. The van der Waals surface area contributed by atoms with Crippen LogP contribution >= 0.6 is 0 Å². The summed E-state index contributed by atoms with van der Waals surface area (Å²) in [6.07, 6.45) is 7.99. The van der Waals surface area contributed by atoms with Gasteiger partial charge in [0.1, 0.15) is 12.2 Å². The number of hydrogen-bond donors (Lipinski definition) is 3. The minimum absolute atomic E-state index is 0.0760. The molecule has 0 saturated heterocycles. The lowest BCUT2D eigenvalue weighted by molar-refractivity contribution is -0.157. The predicted octanol–water partition coefficient (Wildman–Crippen LogP) is 2.42. The van der Waals surface area contributed by atoms with Crippen LogP contribution in [-0.2, 0) is 9.59 Å². The SMILES string of the molecule is CC[C@H]1C2[C@H]([C@@H]3CC[C@](O)(C(=O)CO)[C@@]3(C)CCO)CCC3=CC(=O)CC[C@@]321. The Morgan fingerprint density at radius 1 is 1.21 bits per heavy atom. The summed E-state index contributed by atoms with van der Waals surface area (Å²) >= 11 is 0. The number of aliphatic hydroxyl groups excluding tert-OH is 2. The molecule has 5 heteroatoms. The van der Waals surface area contributed by atoms with Crippen LogP contribution in [0.2, 0.25) is 0 Å². The summed E-state index contributed by atoms with van der Waals surface area (Å²) in [6.45, 7) is 3.44. The summed E-state index contributed by atoms with van der Waals surface area (Å²) in [5, 5.41) is 30.5. The van der Waals surface area contributed by atoms with E-state index in [2.05, 4.69) is 6.92 Å². The molecular weight excluding hydrogens is 356 g/mol. The summed E-state index contributed by atoms with van der Waals surface area (Å²) in [7, 11) is 0. The van der Waals surface area contributed by atoms with Crippen molar-refractivity contribution in [1.29, 1.82) is 0 Å². The molecule has 156 valence electrons. The number of carbonyl (C=O) groups is 2. The van der Waals surface area contributed by atoms with Gasteiger partial charge >= 0.3 is 0 Å². The maximum absolute atomic E-state index is 12.5. The van der Waals surface area contributed by atoms with Gasteiger partial charge in [0, 0.05) is 18.4 Å². The first-order valence-corrected chi connectivity index (χ1v) is 11.0. The number of allylic oxidation sites excluding steroid dienone is 2. The smallest absolute Gasteiger partial charge is 0.190 e. The van der Waals surface area contributed by atoms with Crippen molar-refractivity contribution >= 4 is 11.6 Å². The number of hydrogen-bond acceptors (Lipinski definition) is 5. The standard InChI is InChI=1S/C23H34O5/c1-3-17-20-16(5-4-14-12-15(26)6-8-22(14,17)20)18-7-9-23(28,19(27)13-25)21(18,2)10-11-24/h12,16-18,20,24-25,28H,3-11,13H2,1-2H3/t16-,17-,18-,20?,21-,22-,23-/m0/s1. The van der Waals surface area contributed by atoms with E-state index < -0.39 is 23.4 Å². The first-order chi connectivity index (χ1) is 13.3. The Kier molecular flexibility index (Phi) is 4.88. The highest BCUT2D eigenvalue weighted by Crippen LogP contribution is 2.77. The van der Waals surface area contributed by atoms with E-state index in [9.17, 15) is 24.9 Å². The number of rotatable bonds is 6. The Morgan fingerprint density at radius 3 is 2.61 bits per heavy atom. The normalized spacial score (nSPS) is 47.3. The molecule has 1 spiro atoms. The Labute approximate surface area is 167 Å². The average Bonchev–Trinajstić information content (AvgIpc) is 3.27. The molecule has 4 aliphatic carbocycles. The molecule has 0 aliphatic heterocycles. The highest BCUT2D eigenvalue weighted by Gasteiger charge is 2.72. The third-order valence-corrected chi connectivity index (χ3v) is 9.28. The molecule has 4 rings (SSSR count). The molecule has 0 bridgehead atoms. The van der Waals surface area contributed by atoms with Crippen LogP contribution in [0.3, 0.4) is 0 Å². The van der Waals surface area contributed by atoms with Crippen molar-refractivity contribution in [1.82, 2.24) is 0 Å². The van der Waals surface area contributed by atoms with Crippen LogP contribution in [0.25, 0.3) is 0 Å². The fourth-order valence-electron chi connectivity index (χ4n) is 7.98. The van der Waals surface area contributed by atoms with Gasteiger partial charge < -0.3 is 15.3 Å². The van der Waals surface area contributed by atoms with Crippen molar-refractivity contribution in [3.05, 3.63) is 11.6 Å². The third-order valence-electron chi connectivity index (χ3n) is 9.28. The van der Waals surface area contributed by atoms with Crippen LogP contribution in [0, 0.1) is 34.5 Å². The van der Waals surface area contributed by atoms with Gasteiger partial charge in [-0.1, -0.05) is 25.8 Å². The van der Waals surface area contributed by atoms with Gasteiger partial charge in [0.2, 0.25) is 0 Å². The Balaban J connectivity index is 1.69. The molecule has 28 heavy (non-hydrogen) atoms. The molecule has 7 atom stereocenters. The number of carbonyl (C=O) groups excluding carboxylic acids is 2. The zero-order valence-electron chi connectivity index (χ0n) is 17.1. The lowest BCUT2D eigenvalue weighted by atomic mass is 9.59. The minimum Gasteiger partial charge on any atom is -0.396 e. The Hall–Kier alpha value is -1.04. The summed E-state index contributed by atoms with van der Waals surface area (Å²) in [5.41, 5.74) is -0.772. The molecule has 3 fully saturated rings. The van der Waals surface area contributed by atoms with Crippen LogP contribution in [0.4, 0.5) is 0 Å². The van der Waals surface area contributed by atoms with E-state index >= 15 is 0 Å². The Morgan fingerprint density at radius 2 is 1.96 bits per heavy atom. The van der Waals surface area contributed by atoms with Gasteiger partial charge in [-0.2, -0.15) is 0 Å². The molecule has 5 nitrogen and oxygen atoms in total. The van der Waals surface area contributed by atoms with E-state index in [0.717, 1.165) is 32.1 Å². The van der Waals surface area contributed by atoms with Crippen LogP contribution in [0.15, 0.2) is 11.6 Å². The highest BCUT2D eigenvalue weighted by atomic mass is 16.3. The molecule has 0 amide bonds. The van der Waals surface area contributed by atoms with E-state index in [1.165, 1.54) is 5.57 Å². The van der Waals surface area contributed by atoms with Crippen molar-refractivity contribution in [3.8, 4) is 0 Å². The maximum Gasteiger partial charge on any atom is 0.190 e. The van der Waals surface area contributed by atoms with E-state index in [0.29, 0.717) is 37.0 Å². The minimum atomic E-state index is -1.56. The fraction of sp³-hybridized carbons (Fsp3) is 0.826. The topological polar surface area (TPSA) is 94.8 Å². The van der Waals surface area contributed by atoms with E-state index in [1.807, 2.05) is 13.0 Å². The first-order valence-electron chi connectivity index (χ1n) is 11.0. The van der Waals surface area contributed by atoms with Crippen LogP contribution < -0.4 is 0 Å². The molecule has 0 aromatic carbocycles. The van der Waals surface area contributed by atoms with Crippen molar-refractivity contribution in [2.24, 2.45) is 34.5 Å². The van der Waals surface area contributed by atoms with Gasteiger partial charge in [-0.15, -0.1) is 0 Å². The van der Waals surface area contributed by atoms with Crippen LogP contribution in [0.1, 0.15) is 65.2 Å². The predicted molar refractivity (Wildman–Crippen MR) is 104 cm³/mol. The monoisotopic (exact) mass is 390 g/mol. The summed E-state index contributed by atoms with van der Waals surface area (Å²) < 4.78 is 0. The van der Waals surface area contributed by atoms with Crippen LogP contribution in [-0.4, -0.2) is 45.7 Å². The molecule has 0 radical (unpaired) electrons. The first kappa shape index (κ1) is 20.2. The van der Waals surface area contributed by atoms with Gasteiger partial charge in [0.05, 0.1) is 0 Å². The average molecular weight is 391 g/mol. The molecule has 4 aliphatic rings. The van der Waals surface area contributed by atoms with Crippen molar-refractivity contribution in [2.45, 2.75) is 70.8 Å². The van der Waals surface area contributed by atoms with Gasteiger partial charge in [0.25, 0.3) is 0 Å². The molecular formula is C23H34O5. The molecule has 3 saturated carbocycles. The second-order valence-corrected chi connectivity index (χ2v) is 9.90. The molecule has 1 unspecified atom stereocenters. The van der Waals surface area contributed by atoms with Gasteiger partial charge in [-0.25, -0.2) is 0 Å². The van der Waals surface area contributed by atoms with Gasteiger partial charge in [-0.05, 0) is 73.7 Å². The molecule has 0 aromatic heterocycles. The van der Waals surface area contributed by atoms with E-state index in [4.69, 9.17) is 0 Å². The fourth-order valence-corrected chi connectivity index (χ4v) is 7.98. The largest absolute Gasteiger partial charge is 0.396 e. The third kappa shape index (κ3) is 2.42. The second kappa shape index (κ2) is 6.75. The van der Waals surface area contributed by atoms with Gasteiger partial charge in [0.15, 0.2) is 11.6 Å². The molecule has 0 heterocycles. The molecule has 0 aromatic rings. The molecule has 3 N–H and O–H groups in total. The summed E-state index contributed by atoms with van der Waals surface area (Å²) in [5.74, 6) is 1.39. The number of ketones is 2. The van der Waals surface area contributed by atoms with Crippen molar-refractivity contribution < 1.29 is 24.9 Å². The van der Waals surface area contributed by atoms with E-state index in [1.54, 1.807) is 0 Å². The summed E-state index contributed by atoms with van der Waals surface area (Å²) in [6, 6.07) is 0. The number of Topliss-reactive ketones (excluding diaryl/α,β-unsaturated/α-hetero) is 1. The highest BCUT2D eigenvalue weighted by molar-refractivity contribution is 5.92.